The molecule has 2 amide bonds. The zero-order valence-corrected chi connectivity index (χ0v) is 31.8. The SMILES string of the molecule is Cc1ccc(F)c2c1NC(C(=O)Nc1cccc(N3CC4CCCN(Cc5ccc(F)c6c5N=C(C(=O)Nc5cccc(N7CCCS7(=O)=O)c5)C6)C4C3)c1)C2. The van der Waals surface area contributed by atoms with Gasteiger partial charge in [0.25, 0.3) is 5.91 Å². The standard InChI is InChI=1S/C42H43F2N7O4S/c1-25-11-13-34(43)32-20-36(47-39(25)32)41(52)45-28-7-2-9-30(18-28)50-22-26-6-4-15-49(38(26)24-50)23-27-12-14-35(44)33-21-37(48-40(27)33)42(53)46-29-8-3-10-31(19-29)51-16-5-17-56(51,54)55/h2-3,7-14,18-19,26,36,38,47H,4-6,15-17,20-24H2,1H3,(H,45,52)(H,46,53). The number of aryl methyl sites for hydroxylation is 1. The summed E-state index contributed by atoms with van der Waals surface area (Å²) < 4.78 is 56.0. The van der Waals surface area contributed by atoms with E-state index in [0.29, 0.717) is 71.4 Å². The molecule has 9 rings (SSSR count). The molecular formula is C42H43F2N7O4S. The number of fused-ring (bicyclic) bond motifs is 3. The molecule has 0 aromatic heterocycles. The first-order chi connectivity index (χ1) is 27.0. The Bertz CT molecular complexity index is 2380. The molecule has 3 fully saturated rings. The number of nitrogens with zero attached hydrogens (tertiary/aromatic N) is 4. The Balaban J connectivity index is 0.866. The average molecular weight is 780 g/mol. The van der Waals surface area contributed by atoms with Gasteiger partial charge in [-0.15, -0.1) is 0 Å². The highest BCUT2D eigenvalue weighted by Crippen LogP contribution is 2.39. The van der Waals surface area contributed by atoms with Crippen molar-refractivity contribution in [3.8, 4) is 0 Å². The number of amides is 2. The summed E-state index contributed by atoms with van der Waals surface area (Å²) in [5.41, 5.74) is 6.76. The number of sulfonamides is 1. The Morgan fingerprint density at radius 1 is 0.893 bits per heavy atom. The van der Waals surface area contributed by atoms with Crippen LogP contribution in [0.1, 0.15) is 41.5 Å². The van der Waals surface area contributed by atoms with Gasteiger partial charge in [0.05, 0.1) is 17.1 Å². The summed E-state index contributed by atoms with van der Waals surface area (Å²) in [4.78, 5) is 36.2. The molecule has 3 saturated heterocycles. The molecule has 0 spiro atoms. The van der Waals surface area contributed by atoms with E-state index in [4.69, 9.17) is 4.99 Å². The molecule has 0 bridgehead atoms. The first-order valence-corrected chi connectivity index (χ1v) is 20.9. The molecule has 0 saturated carbocycles. The van der Waals surface area contributed by atoms with E-state index in [1.165, 1.54) is 16.4 Å². The van der Waals surface area contributed by atoms with Crippen LogP contribution < -0.4 is 25.2 Å². The number of likely N-dealkylation sites (tertiary alicyclic amines) is 1. The zero-order valence-electron chi connectivity index (χ0n) is 31.0. The summed E-state index contributed by atoms with van der Waals surface area (Å²) in [5, 5.41) is 9.09. The van der Waals surface area contributed by atoms with Crippen LogP contribution in [0.2, 0.25) is 0 Å². The number of anilines is 5. The molecule has 5 heterocycles. The van der Waals surface area contributed by atoms with E-state index >= 15 is 4.39 Å². The monoisotopic (exact) mass is 779 g/mol. The van der Waals surface area contributed by atoms with E-state index in [2.05, 4.69) is 31.8 Å². The van der Waals surface area contributed by atoms with Gasteiger partial charge in [-0.1, -0.05) is 24.3 Å². The van der Waals surface area contributed by atoms with Gasteiger partial charge in [0.2, 0.25) is 15.9 Å². The minimum Gasteiger partial charge on any atom is -0.373 e. The third kappa shape index (κ3) is 6.78. The van der Waals surface area contributed by atoms with Crippen molar-refractivity contribution >= 4 is 61.7 Å². The van der Waals surface area contributed by atoms with Crippen molar-refractivity contribution in [3.63, 3.8) is 0 Å². The van der Waals surface area contributed by atoms with Crippen LogP contribution in [0.3, 0.4) is 0 Å². The van der Waals surface area contributed by atoms with E-state index in [1.54, 1.807) is 36.4 Å². The van der Waals surface area contributed by atoms with Crippen LogP contribution in [-0.4, -0.2) is 74.9 Å². The van der Waals surface area contributed by atoms with Gasteiger partial charge >= 0.3 is 0 Å². The van der Waals surface area contributed by atoms with Crippen LogP contribution in [0, 0.1) is 24.5 Å². The third-order valence-corrected chi connectivity index (χ3v) is 13.8. The molecule has 5 aliphatic heterocycles. The zero-order chi connectivity index (χ0) is 38.7. The number of piperidine rings is 1. The van der Waals surface area contributed by atoms with Gasteiger partial charge in [0.1, 0.15) is 23.4 Å². The van der Waals surface area contributed by atoms with Crippen LogP contribution >= 0.6 is 0 Å². The number of hydrogen-bond donors (Lipinski definition) is 3. The Labute approximate surface area is 324 Å². The number of carbonyl (C=O) groups excluding carboxylic acids is 2. The maximum atomic E-state index is 15.2. The summed E-state index contributed by atoms with van der Waals surface area (Å²) in [6.45, 7) is 5.40. The van der Waals surface area contributed by atoms with Crippen LogP contribution in [0.25, 0.3) is 0 Å². The van der Waals surface area contributed by atoms with Gasteiger partial charge in [-0.05, 0) is 98.3 Å². The predicted molar refractivity (Wildman–Crippen MR) is 214 cm³/mol. The number of aliphatic imine (C=N–C) groups is 1. The second-order valence-corrected chi connectivity index (χ2v) is 17.5. The summed E-state index contributed by atoms with van der Waals surface area (Å²) in [6, 6.07) is 20.7. The highest BCUT2D eigenvalue weighted by atomic mass is 32.2. The first kappa shape index (κ1) is 36.3. The van der Waals surface area contributed by atoms with Crippen LogP contribution in [-0.2, 0) is 39.0 Å². The number of rotatable bonds is 8. The van der Waals surface area contributed by atoms with Gasteiger partial charge in [-0.25, -0.2) is 22.2 Å². The van der Waals surface area contributed by atoms with E-state index in [1.807, 2.05) is 25.1 Å². The number of carbonyl (C=O) groups is 2. The van der Waals surface area contributed by atoms with Crippen molar-refractivity contribution in [3.05, 3.63) is 107 Å². The van der Waals surface area contributed by atoms with Crippen molar-refractivity contribution in [2.24, 2.45) is 10.9 Å². The lowest BCUT2D eigenvalue weighted by Crippen LogP contribution is -2.44. The fourth-order valence-electron chi connectivity index (χ4n) is 9.08. The lowest BCUT2D eigenvalue weighted by Gasteiger charge is -2.37. The minimum absolute atomic E-state index is 0.0635. The van der Waals surface area contributed by atoms with Crippen LogP contribution in [0.5, 0.6) is 0 Å². The molecule has 290 valence electrons. The number of halogens is 2. The molecule has 3 unspecified atom stereocenters. The average Bonchev–Trinajstić information content (AvgIpc) is 4.00. The molecule has 0 radical (unpaired) electrons. The van der Waals surface area contributed by atoms with Crippen molar-refractivity contribution in [2.45, 2.75) is 57.7 Å². The van der Waals surface area contributed by atoms with E-state index in [0.717, 1.165) is 49.3 Å². The molecular weight excluding hydrogens is 737 g/mol. The summed E-state index contributed by atoms with van der Waals surface area (Å²) in [7, 11) is -3.38. The molecule has 56 heavy (non-hydrogen) atoms. The largest absolute Gasteiger partial charge is 0.373 e. The van der Waals surface area contributed by atoms with Crippen molar-refractivity contribution in [1.82, 2.24) is 4.90 Å². The lowest BCUT2D eigenvalue weighted by molar-refractivity contribution is -0.116. The Kier molecular flexibility index (Phi) is 9.28. The van der Waals surface area contributed by atoms with Crippen LogP contribution in [0.4, 0.5) is 42.9 Å². The molecule has 11 nitrogen and oxygen atoms in total. The molecule has 14 heteroatoms. The summed E-state index contributed by atoms with van der Waals surface area (Å²) >= 11 is 0. The first-order valence-electron chi connectivity index (χ1n) is 19.2. The Hall–Kier alpha value is -5.34. The second-order valence-electron chi connectivity index (χ2n) is 15.5. The molecule has 5 aliphatic rings. The van der Waals surface area contributed by atoms with Crippen molar-refractivity contribution in [2.75, 3.05) is 57.1 Å². The highest BCUT2D eigenvalue weighted by Gasteiger charge is 2.40. The Morgan fingerprint density at radius 2 is 1.64 bits per heavy atom. The number of hydrogen-bond acceptors (Lipinski definition) is 8. The van der Waals surface area contributed by atoms with Gasteiger partial charge in [0.15, 0.2) is 0 Å². The highest BCUT2D eigenvalue weighted by molar-refractivity contribution is 7.93. The molecule has 3 N–H and O–H groups in total. The maximum absolute atomic E-state index is 15.2. The number of benzene rings is 4. The van der Waals surface area contributed by atoms with Crippen molar-refractivity contribution < 1.29 is 26.8 Å². The molecule has 3 atom stereocenters. The van der Waals surface area contributed by atoms with Gasteiger partial charge in [0, 0.05) is 78.9 Å². The topological polar surface area (TPSA) is 126 Å². The summed E-state index contributed by atoms with van der Waals surface area (Å²) in [6.07, 6.45) is 3.02. The molecule has 4 aromatic rings. The number of nitrogens with one attached hydrogen (secondary N) is 3. The third-order valence-electron chi connectivity index (χ3n) is 11.9. The molecule has 4 aromatic carbocycles. The summed E-state index contributed by atoms with van der Waals surface area (Å²) in [5.74, 6) is -0.850. The van der Waals surface area contributed by atoms with Gasteiger partial charge in [-0.3, -0.25) is 18.8 Å². The fraction of sp³-hybridized carbons (Fsp3) is 0.357. The van der Waals surface area contributed by atoms with Gasteiger partial charge in [-0.2, -0.15) is 0 Å². The van der Waals surface area contributed by atoms with E-state index in [-0.39, 0.29) is 35.7 Å². The Morgan fingerprint density at radius 3 is 2.43 bits per heavy atom. The molecule has 0 aliphatic carbocycles. The minimum atomic E-state index is -3.38. The second kappa shape index (κ2) is 14.3. The van der Waals surface area contributed by atoms with Crippen molar-refractivity contribution in [1.29, 1.82) is 0 Å². The van der Waals surface area contributed by atoms with Gasteiger partial charge < -0.3 is 20.9 Å². The van der Waals surface area contributed by atoms with E-state index in [9.17, 15) is 22.4 Å². The quantitative estimate of drug-likeness (QED) is 0.196. The predicted octanol–water partition coefficient (Wildman–Crippen LogP) is 6.16. The normalized spacial score (nSPS) is 22.3. The maximum Gasteiger partial charge on any atom is 0.270 e. The smallest absolute Gasteiger partial charge is 0.270 e. The lowest BCUT2D eigenvalue weighted by atomic mass is 9.91. The van der Waals surface area contributed by atoms with Crippen LogP contribution in [0.15, 0.2) is 77.8 Å². The van der Waals surface area contributed by atoms with E-state index < -0.39 is 27.8 Å². The fourth-order valence-corrected chi connectivity index (χ4v) is 10.6.